The van der Waals surface area contributed by atoms with Crippen LogP contribution in [0, 0.1) is 11.8 Å². The van der Waals surface area contributed by atoms with Gasteiger partial charge in [-0.05, 0) is 89.5 Å². The number of ether oxygens (including phenoxy) is 2. The number of hydrogen-bond acceptors (Lipinski definition) is 7. The molecule has 0 radical (unpaired) electrons. The maximum absolute atomic E-state index is 14.1. The van der Waals surface area contributed by atoms with Crippen molar-refractivity contribution in [1.29, 1.82) is 0 Å². The van der Waals surface area contributed by atoms with Gasteiger partial charge in [-0.15, -0.1) is 0 Å². The van der Waals surface area contributed by atoms with Crippen molar-refractivity contribution in [3.05, 3.63) is 66.5 Å². The molecular weight excluding hydrogens is 632 g/mol. The molecule has 11 heteroatoms. The van der Waals surface area contributed by atoms with Crippen molar-refractivity contribution in [2.45, 2.75) is 78.0 Å². The number of aromatic nitrogens is 2. The minimum absolute atomic E-state index is 0.0883. The van der Waals surface area contributed by atoms with E-state index in [1.54, 1.807) is 23.6 Å². The number of H-pyrrole nitrogens is 1. The molecule has 2 saturated heterocycles. The molecule has 0 unspecified atom stereocenters. The number of carbonyl (C=O) groups is 3. The minimum Gasteiger partial charge on any atom is -0.478 e. The molecule has 3 amide bonds. The Morgan fingerprint density at radius 2 is 1.62 bits per heavy atom. The molecule has 268 valence electrons. The highest BCUT2D eigenvalue weighted by atomic mass is 16.6. The first-order valence-electron chi connectivity index (χ1n) is 18.0. The summed E-state index contributed by atoms with van der Waals surface area (Å²) < 4.78 is 11.8. The average molecular weight is 685 g/mol. The van der Waals surface area contributed by atoms with E-state index in [1.165, 1.54) is 12.8 Å². The number of hydrogen-bond donors (Lipinski definition) is 1. The van der Waals surface area contributed by atoms with Crippen LogP contribution < -0.4 is 9.64 Å². The predicted molar refractivity (Wildman–Crippen MR) is 193 cm³/mol. The summed E-state index contributed by atoms with van der Waals surface area (Å²) in [6.45, 7) is 13.7. The lowest BCUT2D eigenvalue weighted by Crippen LogP contribution is -2.57. The third kappa shape index (κ3) is 8.97. The van der Waals surface area contributed by atoms with Gasteiger partial charge in [-0.3, -0.25) is 14.7 Å². The average Bonchev–Trinajstić information content (AvgIpc) is 3.75. The molecule has 3 aromatic rings. The summed E-state index contributed by atoms with van der Waals surface area (Å²) >= 11 is 0. The highest BCUT2D eigenvalue weighted by Gasteiger charge is 2.38. The zero-order chi connectivity index (χ0) is 35.5. The molecule has 50 heavy (non-hydrogen) atoms. The maximum Gasteiger partial charge on any atom is 0.410 e. The minimum atomic E-state index is -1.10. The number of benzene rings is 2. The number of nitrogens with one attached hydrogen (secondary N) is 1. The molecule has 1 saturated carbocycles. The number of nitrogens with zero attached hydrogens (tertiary/aromatic N) is 5. The van der Waals surface area contributed by atoms with Gasteiger partial charge in [0.25, 0.3) is 5.91 Å². The fraction of sp³-hybridized carbons (Fsp3) is 0.538. The fourth-order valence-corrected chi connectivity index (χ4v) is 6.83. The van der Waals surface area contributed by atoms with E-state index >= 15 is 0 Å². The number of amides is 3. The van der Waals surface area contributed by atoms with Crippen LogP contribution in [0.2, 0.25) is 0 Å². The molecular formula is C39H52N6O5. The second-order valence-electron chi connectivity index (χ2n) is 15.5. The molecule has 2 aromatic carbocycles. The highest BCUT2D eigenvalue weighted by molar-refractivity contribution is 5.85. The first-order chi connectivity index (χ1) is 23.8. The van der Waals surface area contributed by atoms with Gasteiger partial charge >= 0.3 is 6.09 Å². The second kappa shape index (κ2) is 14.7. The Kier molecular flexibility index (Phi) is 10.4. The van der Waals surface area contributed by atoms with Crippen LogP contribution >= 0.6 is 0 Å². The molecule has 0 spiro atoms. The molecule has 1 aromatic heterocycles. The van der Waals surface area contributed by atoms with Crippen LogP contribution in [0.3, 0.4) is 0 Å². The van der Waals surface area contributed by atoms with Gasteiger partial charge in [0, 0.05) is 75.9 Å². The molecule has 3 heterocycles. The summed E-state index contributed by atoms with van der Waals surface area (Å²) in [6, 6.07) is 16.3. The summed E-state index contributed by atoms with van der Waals surface area (Å²) in [5, 5.41) is 6.92. The Hall–Kier alpha value is -4.54. The van der Waals surface area contributed by atoms with E-state index in [-0.39, 0.29) is 23.8 Å². The Morgan fingerprint density at radius 3 is 2.28 bits per heavy atom. The number of carbonyl (C=O) groups excluding carboxylic acids is 3. The molecule has 11 nitrogen and oxygen atoms in total. The Morgan fingerprint density at radius 1 is 0.900 bits per heavy atom. The van der Waals surface area contributed by atoms with Crippen LogP contribution in [0.1, 0.15) is 65.9 Å². The second-order valence-corrected chi connectivity index (χ2v) is 15.5. The van der Waals surface area contributed by atoms with Gasteiger partial charge in [0.2, 0.25) is 5.91 Å². The van der Waals surface area contributed by atoms with Crippen LogP contribution in [0.4, 0.5) is 10.5 Å². The van der Waals surface area contributed by atoms with Gasteiger partial charge in [-0.1, -0.05) is 30.3 Å². The lowest BCUT2D eigenvalue weighted by atomic mass is 9.95. The van der Waals surface area contributed by atoms with Crippen molar-refractivity contribution < 1.29 is 23.9 Å². The number of aromatic amines is 1. The Labute approximate surface area is 295 Å². The summed E-state index contributed by atoms with van der Waals surface area (Å²) in [5.41, 5.74) is 2.59. The first-order valence-corrected chi connectivity index (χ1v) is 18.0. The normalized spacial score (nSPS) is 18.5. The smallest absolute Gasteiger partial charge is 0.410 e. The molecule has 3 aliphatic rings. The summed E-state index contributed by atoms with van der Waals surface area (Å²) in [6.07, 6.45) is 7.52. The van der Waals surface area contributed by atoms with Gasteiger partial charge in [0.15, 0.2) is 5.60 Å². The van der Waals surface area contributed by atoms with Crippen LogP contribution in [-0.4, -0.2) is 99.8 Å². The van der Waals surface area contributed by atoms with Crippen molar-refractivity contribution in [2.75, 3.05) is 50.7 Å². The summed E-state index contributed by atoms with van der Waals surface area (Å²) in [4.78, 5) is 47.9. The van der Waals surface area contributed by atoms with Crippen molar-refractivity contribution in [3.63, 3.8) is 0 Å². The zero-order valence-corrected chi connectivity index (χ0v) is 30.2. The predicted octanol–water partition coefficient (Wildman–Crippen LogP) is 5.97. The third-order valence-electron chi connectivity index (χ3n) is 9.71. The maximum atomic E-state index is 14.1. The molecule has 0 bridgehead atoms. The zero-order valence-electron chi connectivity index (χ0n) is 30.2. The SMILES string of the molecule is CC(C)(C)OC(=O)N1CCN(C(=O)C(C)(C)Oc2cccc(N3CCC[C@@H](C(=O)N(Cc4ccc(-c5cn[nH]c5)cc4)CC4CC4)C3)c2)CC1. The Balaban J connectivity index is 1.06. The largest absolute Gasteiger partial charge is 0.478 e. The van der Waals surface area contributed by atoms with Crippen molar-refractivity contribution in [2.24, 2.45) is 11.8 Å². The summed E-state index contributed by atoms with van der Waals surface area (Å²) in [7, 11) is 0. The summed E-state index contributed by atoms with van der Waals surface area (Å²) in [5.74, 6) is 1.22. The molecule has 1 atom stereocenters. The third-order valence-corrected chi connectivity index (χ3v) is 9.71. The van der Waals surface area contributed by atoms with E-state index in [0.717, 1.165) is 48.3 Å². The molecule has 6 rings (SSSR count). The quantitative estimate of drug-likeness (QED) is 0.280. The number of rotatable bonds is 10. The topological polar surface area (TPSA) is 111 Å². The standard InChI is InChI=1S/C39H52N6O5/c1-38(2,3)50-37(48)43-20-18-42(19-21-43)36(47)39(4,5)49-34-10-6-9-33(22-34)44-17-7-8-31(27-44)35(46)45(25-28-11-12-28)26-29-13-15-30(16-14-29)32-23-40-41-24-32/h6,9-10,13-16,22-24,28,31H,7-8,11-12,17-21,25-27H2,1-5H3,(H,40,41)/t31-/m1/s1. The molecule has 1 aliphatic carbocycles. The van der Waals surface area contributed by atoms with E-state index in [1.807, 2.05) is 57.4 Å². The number of anilines is 1. The van der Waals surface area contributed by atoms with E-state index < -0.39 is 11.2 Å². The van der Waals surface area contributed by atoms with Gasteiger partial charge in [0.05, 0.1) is 12.1 Å². The monoisotopic (exact) mass is 684 g/mol. The van der Waals surface area contributed by atoms with Gasteiger partial charge in [0.1, 0.15) is 11.4 Å². The van der Waals surface area contributed by atoms with Crippen LogP contribution in [0.5, 0.6) is 5.75 Å². The first kappa shape index (κ1) is 35.3. The van der Waals surface area contributed by atoms with E-state index in [0.29, 0.717) is 50.9 Å². The van der Waals surface area contributed by atoms with Crippen molar-refractivity contribution in [3.8, 4) is 16.9 Å². The van der Waals surface area contributed by atoms with Gasteiger partial charge < -0.3 is 29.1 Å². The Bertz CT molecular complexity index is 1620. The van der Waals surface area contributed by atoms with Crippen LogP contribution in [0.25, 0.3) is 11.1 Å². The lowest BCUT2D eigenvalue weighted by molar-refractivity contribution is -0.147. The van der Waals surface area contributed by atoms with Crippen LogP contribution in [0.15, 0.2) is 60.9 Å². The van der Waals surface area contributed by atoms with Crippen molar-refractivity contribution in [1.82, 2.24) is 24.9 Å². The van der Waals surface area contributed by atoms with Crippen molar-refractivity contribution >= 4 is 23.6 Å². The van der Waals surface area contributed by atoms with E-state index in [9.17, 15) is 14.4 Å². The number of piperidine rings is 1. The van der Waals surface area contributed by atoms with Gasteiger partial charge in [-0.25, -0.2) is 4.79 Å². The number of piperazine rings is 1. The lowest BCUT2D eigenvalue weighted by Gasteiger charge is -2.39. The van der Waals surface area contributed by atoms with Crippen LogP contribution in [-0.2, 0) is 20.9 Å². The van der Waals surface area contributed by atoms with E-state index in [4.69, 9.17) is 9.47 Å². The fourth-order valence-electron chi connectivity index (χ4n) is 6.83. The van der Waals surface area contributed by atoms with Gasteiger partial charge in [-0.2, -0.15) is 5.10 Å². The van der Waals surface area contributed by atoms with E-state index in [2.05, 4.69) is 44.3 Å². The highest BCUT2D eigenvalue weighted by Crippen LogP contribution is 2.33. The molecule has 1 N–H and O–H groups in total. The molecule has 2 aliphatic heterocycles. The molecule has 3 fully saturated rings.